The van der Waals surface area contributed by atoms with Crippen molar-refractivity contribution in [1.82, 2.24) is 20.0 Å². The molecule has 0 unspecified atom stereocenters. The molecule has 0 saturated carbocycles. The molecule has 1 aromatic heterocycles. The van der Waals surface area contributed by atoms with Crippen LogP contribution >= 0.6 is 0 Å². The van der Waals surface area contributed by atoms with Gasteiger partial charge in [0.05, 0.1) is 24.9 Å². The van der Waals surface area contributed by atoms with Gasteiger partial charge in [0.25, 0.3) is 0 Å². The summed E-state index contributed by atoms with van der Waals surface area (Å²) >= 11 is 0. The molecule has 2 aliphatic rings. The van der Waals surface area contributed by atoms with Crippen LogP contribution in [0.3, 0.4) is 0 Å². The van der Waals surface area contributed by atoms with Gasteiger partial charge in [-0.15, -0.1) is 0 Å². The summed E-state index contributed by atoms with van der Waals surface area (Å²) in [4.78, 5) is 15.5. The van der Waals surface area contributed by atoms with Gasteiger partial charge in [-0.1, -0.05) is 26.7 Å². The summed E-state index contributed by atoms with van der Waals surface area (Å²) in [6.07, 6.45) is 4.79. The van der Waals surface area contributed by atoms with E-state index in [-0.39, 0.29) is 24.0 Å². The van der Waals surface area contributed by atoms with E-state index in [0.717, 1.165) is 44.7 Å². The molecule has 7 heteroatoms. The number of morpholine rings is 1. The maximum Gasteiger partial charge on any atom is 0.237 e. The first-order chi connectivity index (χ1) is 13.2. The van der Waals surface area contributed by atoms with Gasteiger partial charge in [-0.05, 0) is 18.4 Å². The lowest BCUT2D eigenvalue weighted by atomic mass is 9.91. The van der Waals surface area contributed by atoms with Gasteiger partial charge in [-0.25, -0.2) is 0 Å². The number of hydrogen-bond acceptors (Lipinski definition) is 5. The number of nitrogens with zero attached hydrogens (tertiary/aromatic N) is 3. The molecule has 0 radical (unpaired) electrons. The summed E-state index contributed by atoms with van der Waals surface area (Å²) in [7, 11) is 1.94. The first-order valence-electron chi connectivity index (χ1n) is 10.3. The molecule has 1 amide bonds. The fourth-order valence-electron chi connectivity index (χ4n) is 4.44. The first kappa shape index (κ1) is 20.3. The maximum atomic E-state index is 13.2. The van der Waals surface area contributed by atoms with E-state index in [9.17, 15) is 4.79 Å². The van der Waals surface area contributed by atoms with Gasteiger partial charge in [-0.2, -0.15) is 5.10 Å². The smallest absolute Gasteiger partial charge is 0.237 e. The molecule has 152 valence electrons. The van der Waals surface area contributed by atoms with Crippen molar-refractivity contribution in [3.8, 4) is 0 Å². The van der Waals surface area contributed by atoms with E-state index >= 15 is 0 Å². The average Bonchev–Trinajstić information content (AvgIpc) is 3.32. The van der Waals surface area contributed by atoms with Crippen molar-refractivity contribution >= 4 is 5.91 Å². The fraction of sp³-hybridized carbons (Fsp3) is 0.800. The second-order valence-electron chi connectivity index (χ2n) is 7.63. The van der Waals surface area contributed by atoms with Crippen molar-refractivity contribution in [2.75, 3.05) is 39.5 Å². The zero-order valence-corrected chi connectivity index (χ0v) is 16.9. The Morgan fingerprint density at radius 1 is 1.30 bits per heavy atom. The first-order valence-corrected chi connectivity index (χ1v) is 10.3. The Balaban J connectivity index is 1.63. The summed E-state index contributed by atoms with van der Waals surface area (Å²) in [5, 5.41) is 7.51. The van der Waals surface area contributed by atoms with E-state index in [1.165, 1.54) is 0 Å². The molecule has 3 rings (SSSR count). The van der Waals surface area contributed by atoms with Gasteiger partial charge in [-0.3, -0.25) is 14.4 Å². The van der Waals surface area contributed by atoms with Crippen molar-refractivity contribution in [1.29, 1.82) is 0 Å². The fourth-order valence-corrected chi connectivity index (χ4v) is 4.44. The second-order valence-corrected chi connectivity index (χ2v) is 7.63. The van der Waals surface area contributed by atoms with Crippen LogP contribution in [0, 0.1) is 11.8 Å². The Morgan fingerprint density at radius 2 is 2.04 bits per heavy atom. The highest BCUT2D eigenvalue weighted by Crippen LogP contribution is 2.33. The van der Waals surface area contributed by atoms with Crippen LogP contribution < -0.4 is 5.32 Å². The molecule has 3 heterocycles. The molecule has 0 bridgehead atoms. The molecule has 0 spiro atoms. The highest BCUT2D eigenvalue weighted by atomic mass is 16.5. The predicted molar refractivity (Wildman–Crippen MR) is 103 cm³/mol. The van der Waals surface area contributed by atoms with Crippen molar-refractivity contribution in [3.05, 3.63) is 18.0 Å². The Bertz CT molecular complexity index is 596. The monoisotopic (exact) mass is 378 g/mol. The third-order valence-corrected chi connectivity index (χ3v) is 6.11. The second kappa shape index (κ2) is 9.66. The number of rotatable bonds is 8. The van der Waals surface area contributed by atoms with Crippen molar-refractivity contribution in [2.45, 2.75) is 45.3 Å². The Labute approximate surface area is 162 Å². The molecule has 3 atom stereocenters. The molecule has 1 aromatic rings. The lowest BCUT2D eigenvalue weighted by Gasteiger charge is -2.37. The Morgan fingerprint density at radius 3 is 2.67 bits per heavy atom. The zero-order chi connectivity index (χ0) is 19.2. The summed E-state index contributed by atoms with van der Waals surface area (Å²) in [5.41, 5.74) is 1.08. The summed E-state index contributed by atoms with van der Waals surface area (Å²) in [6, 6.07) is 1.94. The Kier molecular flexibility index (Phi) is 7.26. The van der Waals surface area contributed by atoms with E-state index in [1.807, 2.05) is 17.8 Å². The third-order valence-electron chi connectivity index (χ3n) is 6.11. The topological polar surface area (TPSA) is 68.6 Å². The van der Waals surface area contributed by atoms with Gasteiger partial charge >= 0.3 is 0 Å². The highest BCUT2D eigenvalue weighted by molar-refractivity contribution is 5.82. The van der Waals surface area contributed by atoms with Crippen molar-refractivity contribution in [2.24, 2.45) is 18.9 Å². The quantitative estimate of drug-likeness (QED) is 0.746. The number of carbonyl (C=O) groups excluding carboxylic acids is 1. The van der Waals surface area contributed by atoms with Crippen LogP contribution in [0.1, 0.15) is 44.9 Å². The standard InChI is InChI=1S/C20H34N4O3/c1-4-15(5-2)18(24-9-12-26-13-10-24)20(25)21-14-16-7-11-27-19(16)17-6-8-22-23(17)3/h6,8,15-16,18-19H,4-5,7,9-14H2,1-3H3,(H,21,25)/t16-,18-,19+/m0/s1. The van der Waals surface area contributed by atoms with Crippen LogP contribution in [-0.4, -0.2) is 66.1 Å². The SMILES string of the molecule is CCC(CC)[C@@H](C(=O)NC[C@@H]1CCO[C@H]1c1ccnn1C)N1CCOCC1. The van der Waals surface area contributed by atoms with Crippen LogP contribution in [0.15, 0.2) is 12.3 Å². The van der Waals surface area contributed by atoms with Crippen LogP contribution in [0.5, 0.6) is 0 Å². The Hall–Kier alpha value is -1.44. The van der Waals surface area contributed by atoms with Crippen LogP contribution in [0.2, 0.25) is 0 Å². The van der Waals surface area contributed by atoms with Gasteiger partial charge in [0, 0.05) is 45.4 Å². The molecular formula is C20H34N4O3. The molecule has 7 nitrogen and oxygen atoms in total. The molecule has 2 saturated heterocycles. The number of nitrogens with one attached hydrogen (secondary N) is 1. The van der Waals surface area contributed by atoms with Gasteiger partial charge in [0.15, 0.2) is 0 Å². The van der Waals surface area contributed by atoms with Gasteiger partial charge in [0.2, 0.25) is 5.91 Å². The minimum Gasteiger partial charge on any atom is -0.379 e. The molecule has 0 aliphatic carbocycles. The molecule has 2 fully saturated rings. The predicted octanol–water partition coefficient (Wildman–Crippen LogP) is 1.75. The van der Waals surface area contributed by atoms with E-state index in [4.69, 9.17) is 9.47 Å². The van der Waals surface area contributed by atoms with E-state index in [1.54, 1.807) is 6.20 Å². The van der Waals surface area contributed by atoms with Crippen molar-refractivity contribution in [3.63, 3.8) is 0 Å². The molecular weight excluding hydrogens is 344 g/mol. The zero-order valence-electron chi connectivity index (χ0n) is 16.9. The highest BCUT2D eigenvalue weighted by Gasteiger charge is 2.35. The molecule has 0 aromatic carbocycles. The van der Waals surface area contributed by atoms with Gasteiger partial charge < -0.3 is 14.8 Å². The van der Waals surface area contributed by atoms with Crippen LogP contribution in [-0.2, 0) is 21.3 Å². The van der Waals surface area contributed by atoms with E-state index in [0.29, 0.717) is 25.7 Å². The number of carbonyl (C=O) groups is 1. The maximum absolute atomic E-state index is 13.2. The van der Waals surface area contributed by atoms with Crippen molar-refractivity contribution < 1.29 is 14.3 Å². The van der Waals surface area contributed by atoms with E-state index < -0.39 is 0 Å². The van der Waals surface area contributed by atoms with E-state index in [2.05, 4.69) is 29.2 Å². The largest absolute Gasteiger partial charge is 0.379 e. The summed E-state index contributed by atoms with van der Waals surface area (Å²) < 4.78 is 13.3. The van der Waals surface area contributed by atoms with Crippen LogP contribution in [0.25, 0.3) is 0 Å². The number of aromatic nitrogens is 2. The number of hydrogen-bond donors (Lipinski definition) is 1. The van der Waals surface area contributed by atoms with Gasteiger partial charge in [0.1, 0.15) is 6.10 Å². The molecule has 27 heavy (non-hydrogen) atoms. The summed E-state index contributed by atoms with van der Waals surface area (Å²) in [5.74, 6) is 0.813. The lowest BCUT2D eigenvalue weighted by Crippen LogP contribution is -2.55. The number of ether oxygens (including phenoxy) is 2. The molecule has 1 N–H and O–H groups in total. The normalized spacial score (nSPS) is 25.0. The number of amides is 1. The van der Waals surface area contributed by atoms with Crippen LogP contribution in [0.4, 0.5) is 0 Å². The summed E-state index contributed by atoms with van der Waals surface area (Å²) in [6.45, 7) is 8.82. The minimum atomic E-state index is -0.0682. The number of aryl methyl sites for hydroxylation is 1. The molecule has 2 aliphatic heterocycles. The third kappa shape index (κ3) is 4.70. The lowest BCUT2D eigenvalue weighted by molar-refractivity contribution is -0.131. The minimum absolute atomic E-state index is 0.00721. The average molecular weight is 379 g/mol.